The molecule has 2 heterocycles. The summed E-state index contributed by atoms with van der Waals surface area (Å²) in [6, 6.07) is 3.81. The number of hydrogen-bond donors (Lipinski definition) is 0. The summed E-state index contributed by atoms with van der Waals surface area (Å²) in [5.74, 6) is 0.537. The molecule has 16 heavy (non-hydrogen) atoms. The van der Waals surface area contributed by atoms with E-state index in [0.29, 0.717) is 6.04 Å². The summed E-state index contributed by atoms with van der Waals surface area (Å²) >= 11 is 0. The Balaban J connectivity index is 2.03. The van der Waals surface area contributed by atoms with Crippen LogP contribution in [0, 0.1) is 5.82 Å². The van der Waals surface area contributed by atoms with Gasteiger partial charge < -0.3 is 4.74 Å². The molecule has 2 aliphatic heterocycles. The van der Waals surface area contributed by atoms with E-state index in [2.05, 4.69) is 4.90 Å². The van der Waals surface area contributed by atoms with Gasteiger partial charge in [0.1, 0.15) is 11.6 Å². The average Bonchev–Trinajstić information content (AvgIpc) is 2.72. The molecule has 0 saturated carbocycles. The van der Waals surface area contributed by atoms with Gasteiger partial charge in [-0.15, -0.1) is 0 Å². The molecule has 0 bridgehead atoms. The number of benzene rings is 1. The van der Waals surface area contributed by atoms with Gasteiger partial charge in [-0.3, -0.25) is 4.90 Å². The number of nitrogens with zero attached hydrogens (tertiary/aromatic N) is 1. The van der Waals surface area contributed by atoms with Gasteiger partial charge in [-0.1, -0.05) is 0 Å². The van der Waals surface area contributed by atoms with Gasteiger partial charge in [0, 0.05) is 24.2 Å². The van der Waals surface area contributed by atoms with Crippen LogP contribution in [0.2, 0.25) is 0 Å². The van der Waals surface area contributed by atoms with Gasteiger partial charge in [-0.25, -0.2) is 4.39 Å². The van der Waals surface area contributed by atoms with Crippen molar-refractivity contribution in [1.82, 2.24) is 4.90 Å². The Hall–Kier alpha value is -1.09. The minimum atomic E-state index is -0.187. The molecule has 3 rings (SSSR count). The van der Waals surface area contributed by atoms with Crippen LogP contribution >= 0.6 is 0 Å². The molecule has 1 saturated heterocycles. The molecular weight excluding hydrogens is 205 g/mol. The Bertz CT molecular complexity index is 419. The predicted octanol–water partition coefficient (Wildman–Crippen LogP) is 2.35. The number of halogens is 1. The Labute approximate surface area is 95.0 Å². The maximum Gasteiger partial charge on any atom is 0.127 e. The molecule has 1 fully saturated rings. The molecule has 2 nitrogen and oxygen atoms in total. The molecule has 1 aromatic rings. The number of methoxy groups -OCH3 is 1. The number of rotatable bonds is 1. The SMILES string of the molecule is COc1cc(F)cc2c1CC1CCCN1C2. The number of fused-ring (bicyclic) bond motifs is 2. The van der Waals surface area contributed by atoms with Crippen molar-refractivity contribution >= 4 is 0 Å². The van der Waals surface area contributed by atoms with Crippen molar-refractivity contribution in [2.24, 2.45) is 0 Å². The molecule has 1 aromatic carbocycles. The third-order valence-corrected chi connectivity index (χ3v) is 3.80. The van der Waals surface area contributed by atoms with Crippen LogP contribution in [-0.2, 0) is 13.0 Å². The minimum Gasteiger partial charge on any atom is -0.496 e. The monoisotopic (exact) mass is 221 g/mol. The summed E-state index contributed by atoms with van der Waals surface area (Å²) in [6.45, 7) is 2.04. The first kappa shape index (κ1) is 10.1. The minimum absolute atomic E-state index is 0.187. The first-order valence-corrected chi connectivity index (χ1v) is 5.87. The summed E-state index contributed by atoms with van der Waals surface area (Å²) in [5.41, 5.74) is 2.32. The first-order valence-electron chi connectivity index (χ1n) is 5.87. The first-order chi connectivity index (χ1) is 7.78. The van der Waals surface area contributed by atoms with Crippen molar-refractivity contribution in [2.45, 2.75) is 31.8 Å². The van der Waals surface area contributed by atoms with Crippen LogP contribution in [0.15, 0.2) is 12.1 Å². The maximum absolute atomic E-state index is 13.4. The molecule has 0 spiro atoms. The van der Waals surface area contributed by atoms with Crippen molar-refractivity contribution in [3.63, 3.8) is 0 Å². The molecule has 3 heteroatoms. The van der Waals surface area contributed by atoms with Crippen LogP contribution in [0.5, 0.6) is 5.75 Å². The summed E-state index contributed by atoms with van der Waals surface area (Å²) in [7, 11) is 1.62. The van der Waals surface area contributed by atoms with Gasteiger partial charge >= 0.3 is 0 Å². The average molecular weight is 221 g/mol. The lowest BCUT2D eigenvalue weighted by atomic mass is 9.93. The fourth-order valence-electron chi connectivity index (χ4n) is 3.01. The zero-order chi connectivity index (χ0) is 11.1. The van der Waals surface area contributed by atoms with Crippen molar-refractivity contribution in [3.8, 4) is 5.75 Å². The normalized spacial score (nSPS) is 24.0. The Morgan fingerprint density at radius 2 is 2.31 bits per heavy atom. The van der Waals surface area contributed by atoms with Gasteiger partial charge in [-0.05, 0) is 37.4 Å². The number of hydrogen-bond acceptors (Lipinski definition) is 2. The van der Waals surface area contributed by atoms with Crippen molar-refractivity contribution in [2.75, 3.05) is 13.7 Å². The van der Waals surface area contributed by atoms with E-state index < -0.39 is 0 Å². The highest BCUT2D eigenvalue weighted by molar-refractivity contribution is 5.43. The highest BCUT2D eigenvalue weighted by atomic mass is 19.1. The van der Waals surface area contributed by atoms with E-state index in [1.54, 1.807) is 13.2 Å². The van der Waals surface area contributed by atoms with Crippen LogP contribution in [0.4, 0.5) is 4.39 Å². The molecule has 1 atom stereocenters. The van der Waals surface area contributed by atoms with E-state index in [0.717, 1.165) is 30.8 Å². The fraction of sp³-hybridized carbons (Fsp3) is 0.538. The molecule has 0 radical (unpaired) electrons. The summed E-state index contributed by atoms with van der Waals surface area (Å²) in [4.78, 5) is 2.46. The van der Waals surface area contributed by atoms with E-state index in [1.807, 2.05) is 0 Å². The highest BCUT2D eigenvalue weighted by Crippen LogP contribution is 2.35. The summed E-state index contributed by atoms with van der Waals surface area (Å²) in [6.07, 6.45) is 3.54. The lowest BCUT2D eigenvalue weighted by Gasteiger charge is -2.32. The molecular formula is C13H16FNO. The van der Waals surface area contributed by atoms with E-state index >= 15 is 0 Å². The van der Waals surface area contributed by atoms with Crippen LogP contribution in [0.3, 0.4) is 0 Å². The second kappa shape index (κ2) is 3.74. The molecule has 0 N–H and O–H groups in total. The van der Waals surface area contributed by atoms with Crippen LogP contribution in [0.1, 0.15) is 24.0 Å². The molecule has 2 aliphatic rings. The topological polar surface area (TPSA) is 12.5 Å². The Morgan fingerprint density at radius 1 is 1.44 bits per heavy atom. The second-order valence-corrected chi connectivity index (χ2v) is 4.72. The third-order valence-electron chi connectivity index (χ3n) is 3.80. The fourth-order valence-corrected chi connectivity index (χ4v) is 3.01. The standard InChI is InChI=1S/C13H16FNO/c1-16-13-6-10(14)5-9-8-15-4-2-3-11(15)7-12(9)13/h5-6,11H,2-4,7-8H2,1H3. The van der Waals surface area contributed by atoms with Crippen molar-refractivity contribution in [1.29, 1.82) is 0 Å². The van der Waals surface area contributed by atoms with Gasteiger partial charge in [0.05, 0.1) is 7.11 Å². The lowest BCUT2D eigenvalue weighted by molar-refractivity contribution is 0.224. The molecule has 0 amide bonds. The van der Waals surface area contributed by atoms with Crippen LogP contribution in [0.25, 0.3) is 0 Å². The third kappa shape index (κ3) is 1.50. The highest BCUT2D eigenvalue weighted by Gasteiger charge is 2.31. The lowest BCUT2D eigenvalue weighted by Crippen LogP contribution is -2.35. The second-order valence-electron chi connectivity index (χ2n) is 4.72. The van der Waals surface area contributed by atoms with E-state index in [-0.39, 0.29) is 5.82 Å². The van der Waals surface area contributed by atoms with Crippen molar-refractivity contribution in [3.05, 3.63) is 29.1 Å². The van der Waals surface area contributed by atoms with Gasteiger partial charge in [0.15, 0.2) is 0 Å². The smallest absolute Gasteiger partial charge is 0.127 e. The quantitative estimate of drug-likeness (QED) is 0.721. The van der Waals surface area contributed by atoms with Gasteiger partial charge in [0.25, 0.3) is 0 Å². The number of ether oxygens (including phenoxy) is 1. The van der Waals surface area contributed by atoms with E-state index in [1.165, 1.54) is 24.5 Å². The van der Waals surface area contributed by atoms with Crippen LogP contribution in [-0.4, -0.2) is 24.6 Å². The summed E-state index contributed by atoms with van der Waals surface area (Å²) in [5, 5.41) is 0. The zero-order valence-corrected chi connectivity index (χ0v) is 9.50. The Morgan fingerprint density at radius 3 is 3.12 bits per heavy atom. The maximum atomic E-state index is 13.4. The molecule has 86 valence electrons. The van der Waals surface area contributed by atoms with E-state index in [4.69, 9.17) is 4.74 Å². The largest absolute Gasteiger partial charge is 0.496 e. The Kier molecular flexibility index (Phi) is 2.36. The molecule has 0 aliphatic carbocycles. The summed E-state index contributed by atoms with van der Waals surface area (Å²) < 4.78 is 18.7. The van der Waals surface area contributed by atoms with E-state index in [9.17, 15) is 4.39 Å². The molecule has 0 aromatic heterocycles. The van der Waals surface area contributed by atoms with Gasteiger partial charge in [-0.2, -0.15) is 0 Å². The predicted molar refractivity (Wildman–Crippen MR) is 60.1 cm³/mol. The molecule has 1 unspecified atom stereocenters. The van der Waals surface area contributed by atoms with Crippen LogP contribution < -0.4 is 4.74 Å². The van der Waals surface area contributed by atoms with Gasteiger partial charge in [0.2, 0.25) is 0 Å². The van der Waals surface area contributed by atoms with Crippen molar-refractivity contribution < 1.29 is 9.13 Å². The zero-order valence-electron chi connectivity index (χ0n) is 9.50.